The number of nitrogens with two attached hydrogens (primary N) is 2. The molecule has 0 fully saturated rings. The molecule has 0 amide bonds. The van der Waals surface area contributed by atoms with Gasteiger partial charge in [-0.05, 0) is 12.1 Å². The van der Waals surface area contributed by atoms with Gasteiger partial charge < -0.3 is 21.2 Å². The molecule has 0 saturated carbocycles. The summed E-state index contributed by atoms with van der Waals surface area (Å²) in [6.07, 6.45) is 0. The first-order valence-electron chi connectivity index (χ1n) is 6.65. The minimum atomic E-state index is 0.361. The second-order valence-electron chi connectivity index (χ2n) is 4.87. The van der Waals surface area contributed by atoms with Crippen LogP contribution >= 0.6 is 11.3 Å². The number of benzene rings is 2. The molecule has 0 bridgehead atoms. The number of imidazole rings is 1. The lowest BCUT2D eigenvalue weighted by atomic mass is 10.0. The number of ether oxygens (including phenoxy) is 1. The number of methoxy groups -OCH3 is 1. The Hall–Kier alpha value is -2.80. The molecule has 0 aliphatic rings. The van der Waals surface area contributed by atoms with Gasteiger partial charge in [-0.2, -0.15) is 0 Å². The summed E-state index contributed by atoms with van der Waals surface area (Å²) in [7, 11) is 1.66. The zero-order chi connectivity index (χ0) is 15.3. The van der Waals surface area contributed by atoms with Crippen LogP contribution in [0, 0.1) is 0 Å². The summed E-state index contributed by atoms with van der Waals surface area (Å²) in [6.45, 7) is 0. The first-order chi connectivity index (χ1) is 10.7. The summed E-state index contributed by atoms with van der Waals surface area (Å²) >= 11 is 1.43. The minimum absolute atomic E-state index is 0.361. The van der Waals surface area contributed by atoms with Crippen molar-refractivity contribution in [3.8, 4) is 16.9 Å². The molecule has 4 aromatic rings. The third-order valence-corrected chi connectivity index (χ3v) is 4.47. The lowest BCUT2D eigenvalue weighted by Gasteiger charge is -2.09. The Balaban J connectivity index is 2.15. The maximum atomic E-state index is 5.91. The molecule has 0 aliphatic carbocycles. The van der Waals surface area contributed by atoms with Crippen molar-refractivity contribution in [2.75, 3.05) is 18.6 Å². The van der Waals surface area contributed by atoms with Crippen LogP contribution in [-0.2, 0) is 0 Å². The summed E-state index contributed by atoms with van der Waals surface area (Å²) < 4.78 is 6.45. The Morgan fingerprint density at radius 1 is 1.09 bits per heavy atom. The molecule has 0 unspecified atom stereocenters. The van der Waals surface area contributed by atoms with Gasteiger partial charge in [0.15, 0.2) is 11.1 Å². The number of hydrogen-bond acceptors (Lipinski definition) is 6. The zero-order valence-corrected chi connectivity index (χ0v) is 12.6. The molecule has 0 aliphatic heterocycles. The molecule has 0 saturated heterocycles. The number of nitrogen functional groups attached to an aromatic ring is 2. The number of hydrogen-bond donors (Lipinski definition) is 3. The van der Waals surface area contributed by atoms with Gasteiger partial charge in [-0.15, -0.1) is 0 Å². The van der Waals surface area contributed by atoms with Crippen molar-refractivity contribution in [3.63, 3.8) is 0 Å². The van der Waals surface area contributed by atoms with Crippen LogP contribution in [0.1, 0.15) is 0 Å². The minimum Gasteiger partial charge on any atom is -0.496 e. The van der Waals surface area contributed by atoms with Crippen molar-refractivity contribution in [3.05, 3.63) is 30.3 Å². The summed E-state index contributed by atoms with van der Waals surface area (Å²) in [5.41, 5.74) is 16.0. The van der Waals surface area contributed by atoms with E-state index >= 15 is 0 Å². The maximum Gasteiger partial charge on any atom is 0.198 e. The van der Waals surface area contributed by atoms with Crippen molar-refractivity contribution >= 4 is 43.7 Å². The molecule has 0 atom stereocenters. The third-order valence-electron chi connectivity index (χ3n) is 3.55. The van der Waals surface area contributed by atoms with Gasteiger partial charge in [-0.25, -0.2) is 9.97 Å². The van der Waals surface area contributed by atoms with E-state index in [0.717, 1.165) is 38.1 Å². The second kappa shape index (κ2) is 4.60. The van der Waals surface area contributed by atoms with E-state index in [-0.39, 0.29) is 0 Å². The highest BCUT2D eigenvalue weighted by Crippen LogP contribution is 2.41. The molecule has 5 N–H and O–H groups in total. The number of H-pyrrole nitrogens is 1. The van der Waals surface area contributed by atoms with Crippen molar-refractivity contribution in [1.29, 1.82) is 0 Å². The molecule has 2 aromatic heterocycles. The fourth-order valence-electron chi connectivity index (χ4n) is 2.65. The molecule has 6 nitrogen and oxygen atoms in total. The number of thiazole rings is 1. The normalized spacial score (nSPS) is 11.3. The van der Waals surface area contributed by atoms with Gasteiger partial charge in [-0.3, -0.25) is 0 Å². The second-order valence-corrected chi connectivity index (χ2v) is 5.90. The summed E-state index contributed by atoms with van der Waals surface area (Å²) in [4.78, 5) is 11.8. The Bertz CT molecular complexity index is 1000. The Morgan fingerprint density at radius 3 is 2.73 bits per heavy atom. The monoisotopic (exact) mass is 311 g/mol. The number of aromatic amines is 1. The van der Waals surface area contributed by atoms with Crippen LogP contribution in [0.5, 0.6) is 5.75 Å². The number of anilines is 2. The van der Waals surface area contributed by atoms with Crippen LogP contribution in [0.2, 0.25) is 0 Å². The highest BCUT2D eigenvalue weighted by Gasteiger charge is 2.17. The molecule has 110 valence electrons. The molecule has 0 spiro atoms. The molecule has 0 radical (unpaired) electrons. The SMILES string of the molecule is COc1ccccc1-c1cc2[nH]c(N)nc2c2nc(N)sc12. The first kappa shape index (κ1) is 12.9. The van der Waals surface area contributed by atoms with E-state index in [1.54, 1.807) is 7.11 Å². The topological polar surface area (TPSA) is 103 Å². The Morgan fingerprint density at radius 2 is 1.91 bits per heavy atom. The molecular weight excluding hydrogens is 298 g/mol. The Labute approximate surface area is 129 Å². The summed E-state index contributed by atoms with van der Waals surface area (Å²) in [6, 6.07) is 9.86. The number of aromatic nitrogens is 3. The molecule has 4 rings (SSSR count). The molecule has 2 heterocycles. The van der Waals surface area contributed by atoms with Gasteiger partial charge in [-0.1, -0.05) is 29.5 Å². The summed E-state index contributed by atoms with van der Waals surface area (Å²) in [5.74, 6) is 1.16. The van der Waals surface area contributed by atoms with Crippen LogP contribution in [0.25, 0.3) is 32.4 Å². The molecule has 7 heteroatoms. The number of nitrogens with zero attached hydrogens (tertiary/aromatic N) is 2. The van der Waals surface area contributed by atoms with Gasteiger partial charge in [0.2, 0.25) is 0 Å². The number of fused-ring (bicyclic) bond motifs is 3. The van der Waals surface area contributed by atoms with Gasteiger partial charge >= 0.3 is 0 Å². The van der Waals surface area contributed by atoms with E-state index < -0.39 is 0 Å². The number of nitrogens with one attached hydrogen (secondary N) is 1. The van der Waals surface area contributed by atoms with Crippen LogP contribution in [0.4, 0.5) is 11.1 Å². The maximum absolute atomic E-state index is 5.91. The third kappa shape index (κ3) is 1.79. The van der Waals surface area contributed by atoms with E-state index in [1.807, 2.05) is 30.3 Å². The van der Waals surface area contributed by atoms with E-state index in [4.69, 9.17) is 16.2 Å². The predicted octanol–water partition coefficient (Wildman–Crippen LogP) is 3.01. The van der Waals surface area contributed by atoms with Crippen molar-refractivity contribution in [2.24, 2.45) is 0 Å². The number of rotatable bonds is 2. The summed E-state index contributed by atoms with van der Waals surface area (Å²) in [5, 5.41) is 0.500. The van der Waals surface area contributed by atoms with Gasteiger partial charge in [0.25, 0.3) is 0 Å². The van der Waals surface area contributed by atoms with Crippen LogP contribution < -0.4 is 16.2 Å². The van der Waals surface area contributed by atoms with E-state index in [1.165, 1.54) is 11.3 Å². The zero-order valence-electron chi connectivity index (χ0n) is 11.8. The van der Waals surface area contributed by atoms with E-state index in [9.17, 15) is 0 Å². The average Bonchev–Trinajstić information content (AvgIpc) is 3.07. The van der Waals surface area contributed by atoms with Gasteiger partial charge in [0.1, 0.15) is 16.8 Å². The smallest absolute Gasteiger partial charge is 0.198 e. The standard InChI is InChI=1S/C15H13N5OS/c1-21-10-5-3-2-4-7(10)8-6-9-11(19-14(16)18-9)12-13(8)22-15(17)20-12/h2-6H,1H3,(H2,17,20)(H3,16,18,19). The van der Waals surface area contributed by atoms with Crippen LogP contribution in [0.15, 0.2) is 30.3 Å². The highest BCUT2D eigenvalue weighted by atomic mass is 32.1. The fraction of sp³-hybridized carbons (Fsp3) is 0.0667. The van der Waals surface area contributed by atoms with Crippen molar-refractivity contribution in [2.45, 2.75) is 0 Å². The largest absolute Gasteiger partial charge is 0.496 e. The molecule has 2 aromatic carbocycles. The van der Waals surface area contributed by atoms with E-state index in [2.05, 4.69) is 15.0 Å². The predicted molar refractivity (Wildman–Crippen MR) is 90.1 cm³/mol. The van der Waals surface area contributed by atoms with Gasteiger partial charge in [0.05, 0.1) is 17.3 Å². The van der Waals surface area contributed by atoms with Crippen molar-refractivity contribution in [1.82, 2.24) is 15.0 Å². The Kier molecular flexibility index (Phi) is 2.70. The van der Waals surface area contributed by atoms with E-state index in [0.29, 0.717) is 11.1 Å². The van der Waals surface area contributed by atoms with Crippen LogP contribution in [0.3, 0.4) is 0 Å². The quantitative estimate of drug-likeness (QED) is 0.528. The molecular formula is C15H13N5OS. The van der Waals surface area contributed by atoms with Crippen LogP contribution in [-0.4, -0.2) is 22.1 Å². The molecule has 22 heavy (non-hydrogen) atoms. The fourth-order valence-corrected chi connectivity index (χ4v) is 3.51. The highest BCUT2D eigenvalue weighted by molar-refractivity contribution is 7.22. The number of para-hydroxylation sites is 1. The average molecular weight is 311 g/mol. The lowest BCUT2D eigenvalue weighted by Crippen LogP contribution is -1.88. The first-order valence-corrected chi connectivity index (χ1v) is 7.46. The van der Waals surface area contributed by atoms with Gasteiger partial charge in [0, 0.05) is 11.1 Å². The van der Waals surface area contributed by atoms with Crippen molar-refractivity contribution < 1.29 is 4.74 Å². The lowest BCUT2D eigenvalue weighted by molar-refractivity contribution is 0.416.